The number of aromatic nitrogens is 2. The molecule has 1 atom stereocenters. The first-order chi connectivity index (χ1) is 9.95. The Morgan fingerprint density at radius 1 is 1.24 bits per heavy atom. The minimum Gasteiger partial charge on any atom is -0.368 e. The highest BCUT2D eigenvalue weighted by Gasteiger charge is 2.17. The van der Waals surface area contributed by atoms with Gasteiger partial charge in [0, 0.05) is 6.54 Å². The molecule has 0 radical (unpaired) electrons. The first kappa shape index (κ1) is 14.8. The van der Waals surface area contributed by atoms with E-state index >= 15 is 0 Å². The fourth-order valence-electron chi connectivity index (χ4n) is 2.23. The molecule has 0 aliphatic rings. The third-order valence-electron chi connectivity index (χ3n) is 3.35. The van der Waals surface area contributed by atoms with Gasteiger partial charge < -0.3 is 11.1 Å². The fraction of sp³-hybridized carbons (Fsp3) is 0.357. The number of benzene rings is 1. The number of nitrogens with two attached hydrogens (primary N) is 1. The Labute approximate surface area is 121 Å². The number of primary amides is 1. The molecule has 1 heterocycles. The summed E-state index contributed by atoms with van der Waals surface area (Å²) in [5.41, 5.74) is 6.31. The topological polar surface area (TPSA) is 99.1 Å². The van der Waals surface area contributed by atoms with Crippen LogP contribution >= 0.6 is 0 Å². The summed E-state index contributed by atoms with van der Waals surface area (Å²) >= 11 is 0. The smallest absolute Gasteiger partial charge is 0.329 e. The van der Waals surface area contributed by atoms with Crippen LogP contribution in [0.4, 0.5) is 0 Å². The summed E-state index contributed by atoms with van der Waals surface area (Å²) in [5.74, 6) is -1.05. The van der Waals surface area contributed by atoms with E-state index in [4.69, 9.17) is 5.73 Å². The Balaban J connectivity index is 2.35. The molecule has 7 nitrogen and oxygen atoms in total. The first-order valence-electron chi connectivity index (χ1n) is 6.72. The fourth-order valence-corrected chi connectivity index (χ4v) is 2.23. The molecule has 112 valence electrons. The molecule has 2 aromatic rings. The van der Waals surface area contributed by atoms with Gasteiger partial charge in [0.15, 0.2) is 0 Å². The van der Waals surface area contributed by atoms with E-state index in [0.717, 1.165) is 5.52 Å². The monoisotopic (exact) mass is 290 g/mol. The number of nitrogens with zero attached hydrogens (tertiary/aromatic N) is 2. The van der Waals surface area contributed by atoms with Gasteiger partial charge in [-0.25, -0.2) is 4.79 Å². The van der Waals surface area contributed by atoms with Crippen molar-refractivity contribution in [3.8, 4) is 0 Å². The number of nitrogens with one attached hydrogen (secondary N) is 1. The number of fused-ring (bicyclic) bond motifs is 1. The van der Waals surface area contributed by atoms with Gasteiger partial charge in [-0.3, -0.25) is 18.7 Å². The van der Waals surface area contributed by atoms with Gasteiger partial charge in [0.1, 0.15) is 12.6 Å². The average molecular weight is 290 g/mol. The average Bonchev–Trinajstić information content (AvgIpc) is 2.71. The lowest BCUT2D eigenvalue weighted by atomic mass is 10.3. The predicted octanol–water partition coefficient (Wildman–Crippen LogP) is -0.187. The minimum atomic E-state index is -0.771. The van der Waals surface area contributed by atoms with Gasteiger partial charge in [0.05, 0.1) is 11.0 Å². The minimum absolute atomic E-state index is 0.149. The molecule has 0 bridgehead atoms. The summed E-state index contributed by atoms with van der Waals surface area (Å²) in [6.45, 7) is 3.74. The van der Waals surface area contributed by atoms with Crippen molar-refractivity contribution in [1.82, 2.24) is 14.5 Å². The highest BCUT2D eigenvalue weighted by atomic mass is 16.2. The second kappa shape index (κ2) is 5.82. The van der Waals surface area contributed by atoms with Crippen LogP contribution in [0.3, 0.4) is 0 Å². The van der Waals surface area contributed by atoms with Crippen LogP contribution < -0.4 is 16.7 Å². The molecule has 0 saturated heterocycles. The zero-order valence-corrected chi connectivity index (χ0v) is 12.0. The summed E-state index contributed by atoms with van der Waals surface area (Å²) in [6.07, 6.45) is 0. The van der Waals surface area contributed by atoms with Crippen molar-refractivity contribution in [2.75, 3.05) is 0 Å². The number of rotatable bonds is 5. The summed E-state index contributed by atoms with van der Waals surface area (Å²) < 4.78 is 2.99. The molecule has 2 amide bonds. The van der Waals surface area contributed by atoms with E-state index in [0.29, 0.717) is 12.1 Å². The van der Waals surface area contributed by atoms with E-state index in [1.807, 2.05) is 25.1 Å². The second-order valence-corrected chi connectivity index (χ2v) is 4.79. The van der Waals surface area contributed by atoms with Gasteiger partial charge in [-0.2, -0.15) is 0 Å². The number of para-hydroxylation sites is 2. The molecule has 0 spiro atoms. The van der Waals surface area contributed by atoms with Crippen LogP contribution in [0.1, 0.15) is 13.8 Å². The second-order valence-electron chi connectivity index (χ2n) is 4.79. The lowest BCUT2D eigenvalue weighted by molar-refractivity contribution is -0.127. The van der Waals surface area contributed by atoms with Gasteiger partial charge in [0.2, 0.25) is 11.8 Å². The number of hydrogen-bond donors (Lipinski definition) is 2. The van der Waals surface area contributed by atoms with Crippen molar-refractivity contribution in [3.05, 3.63) is 34.7 Å². The molecule has 7 heteroatoms. The number of carbonyl (C=O) groups is 2. The van der Waals surface area contributed by atoms with E-state index in [2.05, 4.69) is 5.32 Å². The lowest BCUT2D eigenvalue weighted by Gasteiger charge is -2.10. The van der Waals surface area contributed by atoms with E-state index in [9.17, 15) is 14.4 Å². The molecule has 1 aromatic heterocycles. The molecular formula is C14H18N4O3. The van der Waals surface area contributed by atoms with Gasteiger partial charge in [-0.1, -0.05) is 12.1 Å². The molecule has 0 fully saturated rings. The maximum Gasteiger partial charge on any atom is 0.329 e. The van der Waals surface area contributed by atoms with Crippen LogP contribution in [0.25, 0.3) is 11.0 Å². The largest absolute Gasteiger partial charge is 0.368 e. The van der Waals surface area contributed by atoms with Gasteiger partial charge in [0.25, 0.3) is 0 Å². The van der Waals surface area contributed by atoms with Crippen molar-refractivity contribution in [2.24, 2.45) is 5.73 Å². The Morgan fingerprint density at radius 2 is 1.81 bits per heavy atom. The van der Waals surface area contributed by atoms with Crippen LogP contribution in [0.15, 0.2) is 29.1 Å². The molecular weight excluding hydrogens is 272 g/mol. The predicted molar refractivity (Wildman–Crippen MR) is 78.7 cm³/mol. The van der Waals surface area contributed by atoms with Crippen molar-refractivity contribution in [1.29, 1.82) is 0 Å². The van der Waals surface area contributed by atoms with Crippen LogP contribution in [0.2, 0.25) is 0 Å². The maximum atomic E-state index is 12.3. The Bertz CT molecular complexity index is 744. The van der Waals surface area contributed by atoms with Crippen LogP contribution in [0.5, 0.6) is 0 Å². The lowest BCUT2D eigenvalue weighted by Crippen LogP contribution is -2.44. The highest BCUT2D eigenvalue weighted by molar-refractivity contribution is 5.87. The summed E-state index contributed by atoms with van der Waals surface area (Å²) in [5, 5.41) is 2.46. The van der Waals surface area contributed by atoms with Crippen molar-refractivity contribution in [2.45, 2.75) is 33.0 Å². The van der Waals surface area contributed by atoms with Gasteiger partial charge in [-0.05, 0) is 26.0 Å². The van der Waals surface area contributed by atoms with E-state index < -0.39 is 17.9 Å². The zero-order valence-electron chi connectivity index (χ0n) is 12.0. The van der Waals surface area contributed by atoms with E-state index in [-0.39, 0.29) is 12.2 Å². The third kappa shape index (κ3) is 2.81. The summed E-state index contributed by atoms with van der Waals surface area (Å²) in [6, 6.07) is 6.50. The SMILES string of the molecule is CCn1c(=O)n(CC(=O)NC(C)C(N)=O)c2ccccc21. The number of amides is 2. The van der Waals surface area contributed by atoms with E-state index in [1.54, 1.807) is 10.6 Å². The molecule has 3 N–H and O–H groups in total. The summed E-state index contributed by atoms with van der Waals surface area (Å²) in [4.78, 5) is 35.2. The van der Waals surface area contributed by atoms with Crippen LogP contribution in [-0.4, -0.2) is 27.0 Å². The van der Waals surface area contributed by atoms with Gasteiger partial charge in [-0.15, -0.1) is 0 Å². The third-order valence-corrected chi connectivity index (χ3v) is 3.35. The Kier molecular flexibility index (Phi) is 4.11. The maximum absolute atomic E-state index is 12.3. The number of hydrogen-bond acceptors (Lipinski definition) is 3. The molecule has 1 unspecified atom stereocenters. The first-order valence-corrected chi connectivity index (χ1v) is 6.72. The molecule has 21 heavy (non-hydrogen) atoms. The van der Waals surface area contributed by atoms with Crippen molar-refractivity contribution < 1.29 is 9.59 Å². The highest BCUT2D eigenvalue weighted by Crippen LogP contribution is 2.12. The summed E-state index contributed by atoms with van der Waals surface area (Å²) in [7, 11) is 0. The Hall–Kier alpha value is -2.57. The molecule has 0 aliphatic heterocycles. The quantitative estimate of drug-likeness (QED) is 0.798. The molecule has 1 aromatic carbocycles. The van der Waals surface area contributed by atoms with E-state index in [1.165, 1.54) is 11.5 Å². The zero-order chi connectivity index (χ0) is 15.6. The molecule has 0 saturated carbocycles. The molecule has 2 rings (SSSR count). The Morgan fingerprint density at radius 3 is 2.33 bits per heavy atom. The standard InChI is InChI=1S/C14H18N4O3/c1-3-17-10-6-4-5-7-11(10)18(14(17)21)8-12(19)16-9(2)13(15)20/h4-7,9H,3,8H2,1-2H3,(H2,15,20)(H,16,19). The normalized spacial score (nSPS) is 12.3. The number of aryl methyl sites for hydroxylation is 1. The van der Waals surface area contributed by atoms with Crippen LogP contribution in [-0.2, 0) is 22.7 Å². The number of imidazole rings is 1. The van der Waals surface area contributed by atoms with Crippen molar-refractivity contribution >= 4 is 22.8 Å². The molecule has 0 aliphatic carbocycles. The van der Waals surface area contributed by atoms with Crippen molar-refractivity contribution in [3.63, 3.8) is 0 Å². The van der Waals surface area contributed by atoms with Crippen LogP contribution in [0, 0.1) is 0 Å². The number of carbonyl (C=O) groups excluding carboxylic acids is 2. The van der Waals surface area contributed by atoms with Gasteiger partial charge >= 0.3 is 5.69 Å².